The minimum Gasteiger partial charge on any atom is -0.478 e. The Morgan fingerprint density at radius 2 is 1.71 bits per heavy atom. The number of fused-ring (bicyclic) bond motifs is 1. The summed E-state index contributed by atoms with van der Waals surface area (Å²) in [7, 11) is 3.51. The van der Waals surface area contributed by atoms with Gasteiger partial charge in [-0.3, -0.25) is 4.79 Å². The van der Waals surface area contributed by atoms with E-state index in [1.165, 1.54) is 30.4 Å². The van der Waals surface area contributed by atoms with E-state index in [4.69, 9.17) is 0 Å². The van der Waals surface area contributed by atoms with Gasteiger partial charge in [0.25, 0.3) is 0 Å². The summed E-state index contributed by atoms with van der Waals surface area (Å²) in [5, 5.41) is 14.3. The first-order valence-electron chi connectivity index (χ1n) is 13.4. The van der Waals surface area contributed by atoms with E-state index in [9.17, 15) is 14.7 Å². The van der Waals surface area contributed by atoms with E-state index >= 15 is 0 Å². The van der Waals surface area contributed by atoms with Gasteiger partial charge in [0.15, 0.2) is 0 Å². The average molecular weight is 510 g/mol. The molecule has 1 saturated carbocycles. The molecule has 0 bridgehead atoms. The van der Waals surface area contributed by atoms with Crippen LogP contribution in [0, 0.1) is 0 Å². The van der Waals surface area contributed by atoms with Crippen molar-refractivity contribution in [2.24, 2.45) is 0 Å². The molecule has 5 rings (SSSR count). The second kappa shape index (κ2) is 11.1. The molecule has 0 unspecified atom stereocenters. The third kappa shape index (κ3) is 5.30. The lowest BCUT2D eigenvalue weighted by Crippen LogP contribution is -2.26. The second-order valence-corrected chi connectivity index (χ2v) is 10.4. The summed E-state index contributed by atoms with van der Waals surface area (Å²) in [6, 6.07) is 24.0. The highest BCUT2D eigenvalue weighted by Gasteiger charge is 2.28. The molecule has 1 aromatic heterocycles. The van der Waals surface area contributed by atoms with Crippen molar-refractivity contribution in [1.82, 2.24) is 9.47 Å². The van der Waals surface area contributed by atoms with E-state index < -0.39 is 5.97 Å². The SMILES string of the molecule is CN(C)C(=O)Cn1c(-c2cccc(NCc3ccccc3)c2)c(C2CCCCC2)c2ccc(C(=O)O)cc21. The summed E-state index contributed by atoms with van der Waals surface area (Å²) < 4.78 is 2.05. The van der Waals surface area contributed by atoms with Crippen molar-refractivity contribution >= 4 is 28.5 Å². The number of hydrogen-bond donors (Lipinski definition) is 2. The van der Waals surface area contributed by atoms with Crippen LogP contribution in [0.3, 0.4) is 0 Å². The molecule has 1 aliphatic rings. The topological polar surface area (TPSA) is 74.6 Å². The van der Waals surface area contributed by atoms with Gasteiger partial charge in [-0.05, 0) is 54.2 Å². The van der Waals surface area contributed by atoms with E-state index in [0.29, 0.717) is 12.5 Å². The van der Waals surface area contributed by atoms with E-state index in [-0.39, 0.29) is 18.0 Å². The molecule has 1 heterocycles. The van der Waals surface area contributed by atoms with Gasteiger partial charge in [0.05, 0.1) is 16.8 Å². The van der Waals surface area contributed by atoms with Crippen LogP contribution in [0.5, 0.6) is 0 Å². The van der Waals surface area contributed by atoms with Gasteiger partial charge in [0.1, 0.15) is 6.54 Å². The fraction of sp³-hybridized carbons (Fsp3) is 0.312. The van der Waals surface area contributed by atoms with Crippen LogP contribution >= 0.6 is 0 Å². The maximum Gasteiger partial charge on any atom is 0.335 e. The number of benzene rings is 3. The molecule has 1 fully saturated rings. The largest absolute Gasteiger partial charge is 0.478 e. The zero-order valence-corrected chi connectivity index (χ0v) is 22.1. The minimum atomic E-state index is -0.966. The Hall–Kier alpha value is -4.06. The molecule has 0 saturated heterocycles. The van der Waals surface area contributed by atoms with Gasteiger partial charge in [0.2, 0.25) is 5.91 Å². The molecule has 1 aliphatic carbocycles. The van der Waals surface area contributed by atoms with Crippen molar-refractivity contribution in [3.05, 3.63) is 89.5 Å². The quantitative estimate of drug-likeness (QED) is 0.275. The molecular weight excluding hydrogens is 474 g/mol. The maximum atomic E-state index is 13.0. The number of carboxylic acid groups (broad SMARTS) is 1. The first kappa shape index (κ1) is 25.6. The molecule has 0 atom stereocenters. The van der Waals surface area contributed by atoms with Gasteiger partial charge < -0.3 is 19.9 Å². The highest BCUT2D eigenvalue weighted by atomic mass is 16.4. The number of amides is 1. The first-order chi connectivity index (χ1) is 18.4. The third-order valence-electron chi connectivity index (χ3n) is 7.63. The number of rotatable bonds is 8. The predicted octanol–water partition coefficient (Wildman–Crippen LogP) is 6.75. The highest BCUT2D eigenvalue weighted by Crippen LogP contribution is 2.44. The molecule has 1 amide bonds. The summed E-state index contributed by atoms with van der Waals surface area (Å²) in [6.07, 6.45) is 5.80. The summed E-state index contributed by atoms with van der Waals surface area (Å²) in [5.41, 5.74) is 6.53. The lowest BCUT2D eigenvalue weighted by atomic mass is 9.81. The van der Waals surface area contributed by atoms with Gasteiger partial charge >= 0.3 is 5.97 Å². The summed E-state index contributed by atoms with van der Waals surface area (Å²) in [4.78, 5) is 26.5. The molecule has 0 spiro atoms. The average Bonchev–Trinajstić information content (AvgIpc) is 3.26. The maximum absolute atomic E-state index is 13.0. The zero-order chi connectivity index (χ0) is 26.6. The molecule has 38 heavy (non-hydrogen) atoms. The number of hydrogen-bond acceptors (Lipinski definition) is 3. The molecule has 4 aromatic rings. The van der Waals surface area contributed by atoms with Crippen LogP contribution in [0.1, 0.15) is 59.5 Å². The van der Waals surface area contributed by atoms with Crippen LogP contribution in [0.15, 0.2) is 72.8 Å². The number of carbonyl (C=O) groups excluding carboxylic acids is 1. The van der Waals surface area contributed by atoms with E-state index in [1.54, 1.807) is 31.1 Å². The van der Waals surface area contributed by atoms with Crippen LogP contribution in [-0.2, 0) is 17.9 Å². The Balaban J connectivity index is 1.67. The second-order valence-electron chi connectivity index (χ2n) is 10.4. The normalized spacial score (nSPS) is 13.9. The molecule has 0 aliphatic heterocycles. The monoisotopic (exact) mass is 509 g/mol. The number of anilines is 1. The lowest BCUT2D eigenvalue weighted by molar-refractivity contribution is -0.129. The standard InChI is InChI=1S/C32H35N3O3/c1-34(2)29(36)21-35-28-19-25(32(37)38)16-17-27(28)30(23-12-7-4-8-13-23)31(35)24-14-9-15-26(18-24)33-20-22-10-5-3-6-11-22/h3,5-6,9-11,14-19,23,33H,4,7-8,12-13,20-21H2,1-2H3,(H,37,38). The fourth-order valence-corrected chi connectivity index (χ4v) is 5.64. The number of carboxylic acids is 1. The molecule has 6 nitrogen and oxygen atoms in total. The van der Waals surface area contributed by atoms with Gasteiger partial charge in [0, 0.05) is 37.3 Å². The molecule has 196 valence electrons. The summed E-state index contributed by atoms with van der Waals surface area (Å²) in [5.74, 6) is -0.627. The Morgan fingerprint density at radius 1 is 0.947 bits per heavy atom. The van der Waals surface area contributed by atoms with E-state index in [0.717, 1.165) is 40.7 Å². The Morgan fingerprint density at radius 3 is 2.42 bits per heavy atom. The van der Waals surface area contributed by atoms with Crippen molar-refractivity contribution in [3.63, 3.8) is 0 Å². The van der Waals surface area contributed by atoms with Crippen LogP contribution < -0.4 is 5.32 Å². The smallest absolute Gasteiger partial charge is 0.335 e. The van der Waals surface area contributed by atoms with Gasteiger partial charge in [-0.25, -0.2) is 4.79 Å². The third-order valence-corrected chi connectivity index (χ3v) is 7.63. The number of carbonyl (C=O) groups is 2. The Kier molecular flexibility index (Phi) is 7.50. The van der Waals surface area contributed by atoms with Gasteiger partial charge in [-0.2, -0.15) is 0 Å². The molecule has 6 heteroatoms. The lowest BCUT2D eigenvalue weighted by Gasteiger charge is -2.24. The van der Waals surface area contributed by atoms with Crippen LogP contribution in [0.4, 0.5) is 5.69 Å². The van der Waals surface area contributed by atoms with Gasteiger partial charge in [-0.1, -0.05) is 67.8 Å². The Bertz CT molecular complexity index is 1450. The van der Waals surface area contributed by atoms with E-state index in [2.05, 4.69) is 35.6 Å². The van der Waals surface area contributed by atoms with Crippen molar-refractivity contribution in [3.8, 4) is 11.3 Å². The predicted molar refractivity (Wildman–Crippen MR) is 153 cm³/mol. The molecule has 3 aromatic carbocycles. The first-order valence-corrected chi connectivity index (χ1v) is 13.4. The summed E-state index contributed by atoms with van der Waals surface area (Å²) in [6.45, 7) is 0.861. The number of nitrogens with zero attached hydrogens (tertiary/aromatic N) is 2. The van der Waals surface area contributed by atoms with Crippen molar-refractivity contribution in [1.29, 1.82) is 0 Å². The summed E-state index contributed by atoms with van der Waals surface area (Å²) >= 11 is 0. The molecule has 2 N–H and O–H groups in total. The highest BCUT2D eigenvalue weighted by molar-refractivity contribution is 5.99. The zero-order valence-electron chi connectivity index (χ0n) is 22.1. The Labute approximate surface area is 223 Å². The van der Waals surface area contributed by atoms with Crippen molar-refractivity contribution < 1.29 is 14.7 Å². The number of nitrogens with one attached hydrogen (secondary N) is 1. The number of likely N-dealkylation sites (N-methyl/N-ethyl adjacent to an activating group) is 1. The number of aromatic nitrogens is 1. The van der Waals surface area contributed by atoms with Gasteiger partial charge in [-0.15, -0.1) is 0 Å². The number of aromatic carboxylic acids is 1. The molecule has 0 radical (unpaired) electrons. The van der Waals surface area contributed by atoms with E-state index in [1.807, 2.05) is 34.9 Å². The molecular formula is C32H35N3O3. The van der Waals surface area contributed by atoms with Crippen LogP contribution in [-0.4, -0.2) is 40.5 Å². The van der Waals surface area contributed by atoms with Crippen LogP contribution in [0.25, 0.3) is 22.2 Å². The minimum absolute atomic E-state index is 0.0302. The van der Waals surface area contributed by atoms with Crippen molar-refractivity contribution in [2.75, 3.05) is 19.4 Å². The fourth-order valence-electron chi connectivity index (χ4n) is 5.64. The van der Waals surface area contributed by atoms with Crippen molar-refractivity contribution in [2.45, 2.75) is 51.1 Å². The van der Waals surface area contributed by atoms with Crippen LogP contribution in [0.2, 0.25) is 0 Å².